The van der Waals surface area contributed by atoms with Crippen LogP contribution in [0, 0.1) is 7.43 Å². The molecule has 0 atom stereocenters. The van der Waals surface area contributed by atoms with E-state index >= 15 is 0 Å². The van der Waals surface area contributed by atoms with E-state index in [0.29, 0.717) is 0 Å². The summed E-state index contributed by atoms with van der Waals surface area (Å²) < 4.78 is 68.2. The van der Waals surface area contributed by atoms with Crippen molar-refractivity contribution in [2.45, 2.75) is 0 Å². The second-order valence-electron chi connectivity index (χ2n) is 0.816. The Bertz CT molecular complexity index is 213. The minimum atomic E-state index is -5.17. The summed E-state index contributed by atoms with van der Waals surface area (Å²) in [5.41, 5.74) is 0. The van der Waals surface area contributed by atoms with Crippen LogP contribution in [0.3, 0.4) is 0 Å². The van der Waals surface area contributed by atoms with Gasteiger partial charge in [-0.05, 0) is 11.0 Å². The first-order chi connectivity index (χ1) is 4.00. The van der Waals surface area contributed by atoms with Crippen molar-refractivity contribution >= 4 is 31.8 Å². The zero-order valence-electron chi connectivity index (χ0n) is 4.58. The average molecular weight is 236 g/mol. The fourth-order valence-electron chi connectivity index (χ4n) is 0. The summed E-state index contributed by atoms with van der Waals surface area (Å²) in [6.07, 6.45) is 0. The minimum absolute atomic E-state index is 0. The molecule has 0 rings (SSSR count). The van der Waals surface area contributed by atoms with Crippen LogP contribution in [0.1, 0.15) is 0 Å². The van der Waals surface area contributed by atoms with Crippen molar-refractivity contribution in [2.75, 3.05) is 0 Å². The molecule has 0 aliphatic carbocycles. The molecule has 0 aromatic rings. The standard InChI is InChI=1S/C.2H2O4S.H4Si/c;2*1-5(2,3)4;/h;2*(H2,1,2,3,4);1H4/q+4;;;/p-4. The first-order valence-corrected chi connectivity index (χ1v) is 4.00. The predicted octanol–water partition coefficient (Wildman–Crippen LogP) is -4.05. The fourth-order valence-corrected chi connectivity index (χ4v) is 0. The van der Waals surface area contributed by atoms with Crippen LogP contribution in [-0.4, -0.2) is 46.0 Å². The zero-order chi connectivity index (χ0) is 9.00. The van der Waals surface area contributed by atoms with Gasteiger partial charge in [0.1, 0.15) is 0 Å². The summed E-state index contributed by atoms with van der Waals surface area (Å²) in [5, 5.41) is 0. The van der Waals surface area contributed by atoms with Crippen molar-refractivity contribution in [1.29, 1.82) is 0 Å². The molecule has 0 unspecified atom stereocenters. The molecule has 0 aliphatic heterocycles. The summed E-state index contributed by atoms with van der Waals surface area (Å²) in [5.74, 6) is 0. The topological polar surface area (TPSA) is 161 Å². The van der Waals surface area contributed by atoms with Crippen LogP contribution in [0.2, 0.25) is 0 Å². The molecule has 12 heavy (non-hydrogen) atoms. The molecule has 0 radical (unpaired) electrons. The third kappa shape index (κ3) is 430000. The molecule has 0 saturated heterocycles. The van der Waals surface area contributed by atoms with E-state index in [-0.39, 0.29) is 18.4 Å². The van der Waals surface area contributed by atoms with Gasteiger partial charge in [0.15, 0.2) is 0 Å². The Labute approximate surface area is 74.8 Å². The maximum Gasteiger partial charge on any atom is 4.00 e. The van der Waals surface area contributed by atoms with Crippen LogP contribution in [0.4, 0.5) is 0 Å². The molecule has 0 amide bonds. The van der Waals surface area contributed by atoms with Gasteiger partial charge in [0.2, 0.25) is 0 Å². The van der Waals surface area contributed by atoms with E-state index in [2.05, 4.69) is 0 Å². The van der Waals surface area contributed by atoms with Crippen LogP contribution < -0.4 is 0 Å². The zero-order valence-corrected chi connectivity index (χ0v) is 6.22. The van der Waals surface area contributed by atoms with Crippen LogP contribution in [-0.2, 0) is 20.8 Å². The van der Waals surface area contributed by atoms with E-state index in [0.717, 1.165) is 0 Å². The SMILES string of the molecule is O=S(=O)([O-])[O-].O=S(=O)([O-])[O-].[C+4].[SiH4]. The molecule has 0 bridgehead atoms. The van der Waals surface area contributed by atoms with E-state index in [1.807, 2.05) is 0 Å². The Kier molecular flexibility index (Phi) is 14.4. The van der Waals surface area contributed by atoms with Crippen LogP contribution in [0.15, 0.2) is 0 Å². The van der Waals surface area contributed by atoms with Crippen molar-refractivity contribution in [3.63, 3.8) is 0 Å². The van der Waals surface area contributed by atoms with Crippen LogP contribution in [0.5, 0.6) is 0 Å². The van der Waals surface area contributed by atoms with Gasteiger partial charge in [-0.2, -0.15) is 0 Å². The van der Waals surface area contributed by atoms with Gasteiger partial charge in [0, 0.05) is 20.8 Å². The maximum absolute atomic E-state index is 8.52. The molecule has 8 nitrogen and oxygen atoms in total. The van der Waals surface area contributed by atoms with E-state index in [1.165, 1.54) is 0 Å². The van der Waals surface area contributed by atoms with Gasteiger partial charge in [-0.1, -0.05) is 0 Å². The van der Waals surface area contributed by atoms with Gasteiger partial charge in [-0.3, -0.25) is 16.8 Å². The molecule has 0 fully saturated rings. The molecular formula is CH4O8S2Si. The monoisotopic (exact) mass is 236 g/mol. The summed E-state index contributed by atoms with van der Waals surface area (Å²) in [7, 11) is -10.3. The van der Waals surface area contributed by atoms with Gasteiger partial charge < -0.3 is 18.2 Å². The van der Waals surface area contributed by atoms with Gasteiger partial charge in [0.25, 0.3) is 0 Å². The Hall–Kier alpha value is -0.0431. The Balaban J connectivity index is -0.0000000457. The summed E-state index contributed by atoms with van der Waals surface area (Å²) in [4.78, 5) is 0. The largest absolute Gasteiger partial charge is 4.00 e. The molecule has 72 valence electrons. The summed E-state index contributed by atoms with van der Waals surface area (Å²) >= 11 is 0. The molecule has 11 heteroatoms. The van der Waals surface area contributed by atoms with E-state index in [9.17, 15) is 0 Å². The molecule has 0 aromatic heterocycles. The van der Waals surface area contributed by atoms with Crippen molar-refractivity contribution < 1.29 is 35.0 Å². The normalized spacial score (nSPS) is 9.67. The minimum Gasteiger partial charge on any atom is -0.759 e. The Morgan fingerprint density at radius 2 is 0.667 bits per heavy atom. The number of rotatable bonds is 0. The van der Waals surface area contributed by atoms with Crippen molar-refractivity contribution in [3.8, 4) is 0 Å². The first kappa shape index (κ1) is 22.7. The Morgan fingerprint density at radius 3 is 0.667 bits per heavy atom. The van der Waals surface area contributed by atoms with Gasteiger partial charge in [-0.15, -0.1) is 0 Å². The summed E-state index contributed by atoms with van der Waals surface area (Å²) in [6.45, 7) is 0. The fraction of sp³-hybridized carbons (Fsp3) is 0. The molecule has 0 N–H and O–H groups in total. The smallest absolute Gasteiger partial charge is 0.759 e. The van der Waals surface area contributed by atoms with Crippen molar-refractivity contribution in [3.05, 3.63) is 7.43 Å². The van der Waals surface area contributed by atoms with Crippen molar-refractivity contribution in [2.24, 2.45) is 0 Å². The van der Waals surface area contributed by atoms with E-state index in [4.69, 9.17) is 35.0 Å². The van der Waals surface area contributed by atoms with Crippen LogP contribution in [0.25, 0.3) is 0 Å². The van der Waals surface area contributed by atoms with Gasteiger partial charge in [-0.25, -0.2) is 0 Å². The van der Waals surface area contributed by atoms with E-state index in [1.54, 1.807) is 0 Å². The van der Waals surface area contributed by atoms with Crippen molar-refractivity contribution in [1.82, 2.24) is 0 Å². The maximum atomic E-state index is 8.52. The Morgan fingerprint density at radius 1 is 0.667 bits per heavy atom. The average Bonchev–Trinajstić information content (AvgIpc) is 1.12. The molecular weight excluding hydrogens is 232 g/mol. The molecule has 0 heterocycles. The van der Waals surface area contributed by atoms with E-state index < -0.39 is 20.8 Å². The number of hydrogen-bond donors (Lipinski definition) is 0. The molecule has 0 spiro atoms. The van der Waals surface area contributed by atoms with Gasteiger partial charge in [0.05, 0.1) is 0 Å². The van der Waals surface area contributed by atoms with Gasteiger partial charge >= 0.3 is 7.43 Å². The molecule has 0 aromatic carbocycles. The quantitative estimate of drug-likeness (QED) is 0.233. The number of hydrogen-bond acceptors (Lipinski definition) is 8. The first-order valence-electron chi connectivity index (χ1n) is 1.33. The molecule has 0 saturated carbocycles. The second-order valence-corrected chi connectivity index (χ2v) is 2.45. The summed E-state index contributed by atoms with van der Waals surface area (Å²) in [6, 6.07) is 0. The third-order valence-corrected chi connectivity index (χ3v) is 0. The van der Waals surface area contributed by atoms with Crippen LogP contribution >= 0.6 is 0 Å². The molecule has 0 aliphatic rings. The predicted molar refractivity (Wildman–Crippen MR) is 35.5 cm³/mol. The second kappa shape index (κ2) is 7.60. The third-order valence-electron chi connectivity index (χ3n) is 0.